The fraction of sp³-hybridized carbons (Fsp3) is 0.250. The molecule has 0 aliphatic heterocycles. The molecule has 0 bridgehead atoms. The van der Waals surface area contributed by atoms with Crippen molar-refractivity contribution < 1.29 is 5.11 Å². The van der Waals surface area contributed by atoms with Crippen LogP contribution in [-0.4, -0.2) is 5.11 Å². The molecule has 0 spiro atoms. The van der Waals surface area contributed by atoms with Crippen LogP contribution in [0.25, 0.3) is 0 Å². The Bertz CT molecular complexity index is 301. The first kappa shape index (κ1) is 7.37. The molecule has 0 saturated heterocycles. The van der Waals surface area contributed by atoms with Crippen LogP contribution in [0.1, 0.15) is 6.42 Å². The maximum Gasteiger partial charge on any atom is 0.129 e. The standard InChI is InChI=1S/C8H6N2O/c9-4-6-1-2-8(11)7(3-6)5-10/h2-3,6,11H,1H2. The van der Waals surface area contributed by atoms with E-state index in [0.29, 0.717) is 6.42 Å². The van der Waals surface area contributed by atoms with Crippen molar-refractivity contribution >= 4 is 0 Å². The van der Waals surface area contributed by atoms with Crippen LogP contribution in [0.2, 0.25) is 0 Å². The van der Waals surface area contributed by atoms with Gasteiger partial charge in [0.1, 0.15) is 11.8 Å². The van der Waals surface area contributed by atoms with E-state index in [-0.39, 0.29) is 17.3 Å². The molecule has 3 heteroatoms. The third kappa shape index (κ3) is 1.39. The highest BCUT2D eigenvalue weighted by Crippen LogP contribution is 2.19. The van der Waals surface area contributed by atoms with Crippen molar-refractivity contribution in [2.24, 2.45) is 5.92 Å². The smallest absolute Gasteiger partial charge is 0.129 e. The summed E-state index contributed by atoms with van der Waals surface area (Å²) < 4.78 is 0. The van der Waals surface area contributed by atoms with Gasteiger partial charge >= 0.3 is 0 Å². The first-order chi connectivity index (χ1) is 5.27. The lowest BCUT2D eigenvalue weighted by molar-refractivity contribution is 0.418. The molecule has 1 rings (SSSR count). The number of aliphatic hydroxyl groups is 1. The number of nitrogens with zero attached hydrogens (tertiary/aromatic N) is 2. The zero-order valence-corrected chi connectivity index (χ0v) is 5.78. The molecule has 11 heavy (non-hydrogen) atoms. The molecule has 0 aromatic carbocycles. The van der Waals surface area contributed by atoms with E-state index in [1.165, 1.54) is 12.2 Å². The molecule has 0 radical (unpaired) electrons. The SMILES string of the molecule is N#CC1=CC(C#N)CC=C1O. The minimum absolute atomic E-state index is 0.0148. The van der Waals surface area contributed by atoms with Crippen LogP contribution in [0.3, 0.4) is 0 Å². The third-order valence-electron chi connectivity index (χ3n) is 1.50. The second-order valence-corrected chi connectivity index (χ2v) is 2.25. The molecule has 0 heterocycles. The molecule has 54 valence electrons. The van der Waals surface area contributed by atoms with Gasteiger partial charge in [0, 0.05) is 0 Å². The van der Waals surface area contributed by atoms with Crippen molar-refractivity contribution in [3.63, 3.8) is 0 Å². The molecule has 3 nitrogen and oxygen atoms in total. The largest absolute Gasteiger partial charge is 0.507 e. The summed E-state index contributed by atoms with van der Waals surface area (Å²) in [4.78, 5) is 0. The molecule has 0 saturated carbocycles. The van der Waals surface area contributed by atoms with Gasteiger partial charge in [0.25, 0.3) is 0 Å². The summed E-state index contributed by atoms with van der Waals surface area (Å²) >= 11 is 0. The van der Waals surface area contributed by atoms with Crippen LogP contribution in [0.5, 0.6) is 0 Å². The van der Waals surface area contributed by atoms with E-state index in [0.717, 1.165) is 0 Å². The zero-order valence-electron chi connectivity index (χ0n) is 5.78. The average Bonchev–Trinajstić information content (AvgIpc) is 2.05. The molecule has 1 aliphatic carbocycles. The molecule has 1 unspecified atom stereocenters. The van der Waals surface area contributed by atoms with Crippen LogP contribution in [-0.2, 0) is 0 Å². The Balaban J connectivity index is 2.91. The van der Waals surface area contributed by atoms with E-state index in [9.17, 15) is 0 Å². The number of aliphatic hydroxyl groups excluding tert-OH is 1. The first-order valence-electron chi connectivity index (χ1n) is 3.19. The molecule has 1 atom stereocenters. The number of rotatable bonds is 0. The maximum atomic E-state index is 9.04. The highest BCUT2D eigenvalue weighted by atomic mass is 16.3. The van der Waals surface area contributed by atoms with Gasteiger partial charge in [-0.05, 0) is 18.6 Å². The third-order valence-corrected chi connectivity index (χ3v) is 1.50. The molecule has 0 fully saturated rings. The highest BCUT2D eigenvalue weighted by molar-refractivity contribution is 5.41. The lowest BCUT2D eigenvalue weighted by Crippen LogP contribution is -2.00. The summed E-state index contributed by atoms with van der Waals surface area (Å²) in [5.41, 5.74) is 0.197. The van der Waals surface area contributed by atoms with Gasteiger partial charge in [0.05, 0.1) is 17.6 Å². The summed E-state index contributed by atoms with van der Waals surface area (Å²) in [6, 6.07) is 3.82. The van der Waals surface area contributed by atoms with Crippen LogP contribution in [0.4, 0.5) is 0 Å². The van der Waals surface area contributed by atoms with Crippen LogP contribution >= 0.6 is 0 Å². The monoisotopic (exact) mass is 146 g/mol. The first-order valence-corrected chi connectivity index (χ1v) is 3.19. The van der Waals surface area contributed by atoms with Gasteiger partial charge in [-0.3, -0.25) is 0 Å². The quantitative estimate of drug-likeness (QED) is 0.562. The number of hydrogen-bond acceptors (Lipinski definition) is 3. The van der Waals surface area contributed by atoms with E-state index in [1.54, 1.807) is 0 Å². The van der Waals surface area contributed by atoms with Gasteiger partial charge in [0.15, 0.2) is 0 Å². The van der Waals surface area contributed by atoms with Crippen molar-refractivity contribution in [2.75, 3.05) is 0 Å². The fourth-order valence-corrected chi connectivity index (χ4v) is 0.888. The second-order valence-electron chi connectivity index (χ2n) is 2.25. The number of nitriles is 2. The molecule has 0 aromatic rings. The molecule has 1 N–H and O–H groups in total. The van der Waals surface area contributed by atoms with Gasteiger partial charge in [-0.25, -0.2) is 0 Å². The van der Waals surface area contributed by atoms with Gasteiger partial charge in [-0.15, -0.1) is 0 Å². The van der Waals surface area contributed by atoms with Crippen LogP contribution in [0.15, 0.2) is 23.5 Å². The van der Waals surface area contributed by atoms with E-state index in [1.807, 2.05) is 12.1 Å². The van der Waals surface area contributed by atoms with Crippen molar-refractivity contribution in [3.05, 3.63) is 23.5 Å². The van der Waals surface area contributed by atoms with Crippen molar-refractivity contribution in [2.45, 2.75) is 6.42 Å². The van der Waals surface area contributed by atoms with Gasteiger partial charge in [-0.1, -0.05) is 0 Å². The van der Waals surface area contributed by atoms with E-state index in [4.69, 9.17) is 15.6 Å². The van der Waals surface area contributed by atoms with Gasteiger partial charge in [-0.2, -0.15) is 10.5 Å². The lowest BCUT2D eigenvalue weighted by atomic mass is 9.97. The Labute approximate surface area is 64.5 Å². The van der Waals surface area contributed by atoms with Crippen molar-refractivity contribution in [1.82, 2.24) is 0 Å². The normalized spacial score (nSPS) is 22.5. The summed E-state index contributed by atoms with van der Waals surface area (Å²) in [7, 11) is 0. The summed E-state index contributed by atoms with van der Waals surface area (Å²) in [5, 5.41) is 26.0. The summed E-state index contributed by atoms with van der Waals surface area (Å²) in [5.74, 6) is -0.278. The number of allylic oxidation sites excluding steroid dienone is 3. The van der Waals surface area contributed by atoms with Crippen molar-refractivity contribution in [1.29, 1.82) is 10.5 Å². The Morgan fingerprint density at radius 1 is 1.55 bits per heavy atom. The molecular weight excluding hydrogens is 140 g/mol. The zero-order chi connectivity index (χ0) is 8.27. The van der Waals surface area contributed by atoms with Gasteiger partial charge < -0.3 is 5.11 Å². The summed E-state index contributed by atoms with van der Waals surface area (Å²) in [6.07, 6.45) is 3.47. The Morgan fingerprint density at radius 2 is 2.27 bits per heavy atom. The Morgan fingerprint density at radius 3 is 2.82 bits per heavy atom. The van der Waals surface area contributed by atoms with E-state index < -0.39 is 0 Å². The topological polar surface area (TPSA) is 67.8 Å². The van der Waals surface area contributed by atoms with Gasteiger partial charge in [0.2, 0.25) is 0 Å². The molecular formula is C8H6N2O. The molecule has 0 aromatic heterocycles. The molecule has 0 amide bonds. The average molecular weight is 146 g/mol. The minimum atomic E-state index is -0.263. The fourth-order valence-electron chi connectivity index (χ4n) is 0.888. The Kier molecular flexibility index (Phi) is 1.94. The predicted octanol–water partition coefficient (Wildman–Crippen LogP) is 1.42. The lowest BCUT2D eigenvalue weighted by Gasteiger charge is -2.07. The number of hydrogen-bond donors (Lipinski definition) is 1. The van der Waals surface area contributed by atoms with E-state index >= 15 is 0 Å². The second kappa shape index (κ2) is 2.90. The van der Waals surface area contributed by atoms with E-state index in [2.05, 4.69) is 0 Å². The van der Waals surface area contributed by atoms with Crippen molar-refractivity contribution in [3.8, 4) is 12.1 Å². The minimum Gasteiger partial charge on any atom is -0.507 e. The summed E-state index contributed by atoms with van der Waals surface area (Å²) in [6.45, 7) is 0. The predicted molar refractivity (Wildman–Crippen MR) is 38.1 cm³/mol. The Hall–Kier alpha value is -1.74. The highest BCUT2D eigenvalue weighted by Gasteiger charge is 2.13. The molecule has 1 aliphatic rings. The van der Waals surface area contributed by atoms with Crippen LogP contribution in [0, 0.1) is 28.6 Å². The maximum absolute atomic E-state index is 9.04. The van der Waals surface area contributed by atoms with Crippen LogP contribution < -0.4 is 0 Å².